The fourth-order valence-corrected chi connectivity index (χ4v) is 1.40. The molecule has 3 nitrogen and oxygen atoms in total. The number of benzene rings is 1. The third-order valence-corrected chi connectivity index (χ3v) is 2.20. The van der Waals surface area contributed by atoms with Crippen LogP contribution in [0.1, 0.15) is 11.3 Å². The summed E-state index contributed by atoms with van der Waals surface area (Å²) in [6, 6.07) is 6.82. The van der Waals surface area contributed by atoms with Crippen molar-refractivity contribution in [3.63, 3.8) is 0 Å². The fraction of sp³-hybridized carbons (Fsp3) is 0.182. The molecule has 0 unspecified atom stereocenters. The average Bonchev–Trinajstić information content (AvgIpc) is 2.66. The van der Waals surface area contributed by atoms with Crippen LogP contribution in [0.2, 0.25) is 0 Å². The quantitative estimate of drug-likeness (QED) is 0.812. The normalized spacial score (nSPS) is 10.6. The highest BCUT2D eigenvalue weighted by Crippen LogP contribution is 2.14. The van der Waals surface area contributed by atoms with E-state index in [0.717, 1.165) is 11.3 Å². The minimum absolute atomic E-state index is 0.276. The lowest BCUT2D eigenvalue weighted by Gasteiger charge is -2.03. The van der Waals surface area contributed by atoms with E-state index in [1.54, 1.807) is 18.3 Å². The van der Waals surface area contributed by atoms with E-state index in [1.165, 1.54) is 10.7 Å². The van der Waals surface area contributed by atoms with Crippen LogP contribution in [0.3, 0.4) is 0 Å². The van der Waals surface area contributed by atoms with Crippen molar-refractivity contribution in [3.8, 4) is 5.69 Å². The summed E-state index contributed by atoms with van der Waals surface area (Å²) in [6.07, 6.45) is 1.70. The second-order valence-electron chi connectivity index (χ2n) is 3.41. The van der Waals surface area contributed by atoms with Crippen LogP contribution in [0.25, 0.3) is 5.69 Å². The van der Waals surface area contributed by atoms with Gasteiger partial charge in [0.25, 0.3) is 0 Å². The van der Waals surface area contributed by atoms with E-state index in [1.807, 2.05) is 13.0 Å². The van der Waals surface area contributed by atoms with Gasteiger partial charge in [0.1, 0.15) is 11.5 Å². The molecule has 2 rings (SSSR count). The lowest BCUT2D eigenvalue weighted by Crippen LogP contribution is -2.02. The van der Waals surface area contributed by atoms with Gasteiger partial charge in [-0.05, 0) is 30.7 Å². The van der Waals surface area contributed by atoms with Gasteiger partial charge in [0.2, 0.25) is 0 Å². The van der Waals surface area contributed by atoms with Crippen molar-refractivity contribution in [2.45, 2.75) is 13.5 Å². The molecule has 0 fully saturated rings. The molecule has 1 aromatic heterocycles. The summed E-state index contributed by atoms with van der Waals surface area (Å²) in [5, 5.41) is 4.14. The second kappa shape index (κ2) is 3.82. The second-order valence-corrected chi connectivity index (χ2v) is 3.41. The molecule has 0 aliphatic rings. The third-order valence-electron chi connectivity index (χ3n) is 2.20. The largest absolute Gasteiger partial charge is 0.325 e. The van der Waals surface area contributed by atoms with Gasteiger partial charge in [0, 0.05) is 12.7 Å². The summed E-state index contributed by atoms with van der Waals surface area (Å²) in [7, 11) is 0. The van der Waals surface area contributed by atoms with E-state index >= 15 is 0 Å². The number of rotatable bonds is 2. The van der Waals surface area contributed by atoms with Crippen LogP contribution in [-0.4, -0.2) is 9.78 Å². The smallest absolute Gasteiger partial charge is 0.149 e. The van der Waals surface area contributed by atoms with Crippen molar-refractivity contribution in [2.75, 3.05) is 0 Å². The summed E-state index contributed by atoms with van der Waals surface area (Å²) < 4.78 is 15.1. The highest BCUT2D eigenvalue weighted by Gasteiger charge is 2.05. The van der Waals surface area contributed by atoms with Gasteiger partial charge in [0.05, 0.1) is 5.69 Å². The molecule has 1 aromatic carbocycles. The summed E-state index contributed by atoms with van der Waals surface area (Å²) in [4.78, 5) is 0. The minimum atomic E-state index is -0.276. The lowest BCUT2D eigenvalue weighted by molar-refractivity contribution is 0.608. The highest BCUT2D eigenvalue weighted by molar-refractivity contribution is 5.35. The van der Waals surface area contributed by atoms with Gasteiger partial charge >= 0.3 is 0 Å². The zero-order chi connectivity index (χ0) is 10.8. The molecular formula is C11H12FN3. The van der Waals surface area contributed by atoms with E-state index in [2.05, 4.69) is 5.10 Å². The van der Waals surface area contributed by atoms with E-state index in [0.29, 0.717) is 12.2 Å². The molecule has 0 amide bonds. The molecule has 1 heterocycles. The number of nitrogens with two attached hydrogens (primary N) is 1. The Morgan fingerprint density at radius 1 is 1.40 bits per heavy atom. The molecule has 78 valence electrons. The predicted octanol–water partition coefficient (Wildman–Crippen LogP) is 1.78. The number of nitrogens with zero attached hydrogens (tertiary/aromatic N) is 2. The first-order chi connectivity index (χ1) is 7.20. The summed E-state index contributed by atoms with van der Waals surface area (Å²) >= 11 is 0. The molecule has 0 radical (unpaired) electrons. The van der Waals surface area contributed by atoms with Gasteiger partial charge in [0.15, 0.2) is 0 Å². The third kappa shape index (κ3) is 1.89. The van der Waals surface area contributed by atoms with E-state index in [-0.39, 0.29) is 5.82 Å². The Morgan fingerprint density at radius 2 is 2.20 bits per heavy atom. The van der Waals surface area contributed by atoms with Crippen molar-refractivity contribution in [3.05, 3.63) is 47.5 Å². The van der Waals surface area contributed by atoms with E-state index < -0.39 is 0 Å². The molecule has 0 saturated heterocycles. The van der Waals surface area contributed by atoms with E-state index in [4.69, 9.17) is 5.73 Å². The first-order valence-electron chi connectivity index (χ1n) is 4.72. The summed E-state index contributed by atoms with van der Waals surface area (Å²) in [6.45, 7) is 2.21. The van der Waals surface area contributed by atoms with Gasteiger partial charge in [-0.1, -0.05) is 6.07 Å². The Hall–Kier alpha value is -1.68. The molecule has 0 bridgehead atoms. The molecule has 0 aliphatic heterocycles. The van der Waals surface area contributed by atoms with Gasteiger partial charge < -0.3 is 5.73 Å². The topological polar surface area (TPSA) is 43.8 Å². The van der Waals surface area contributed by atoms with Gasteiger partial charge in [-0.15, -0.1) is 0 Å². The Kier molecular flexibility index (Phi) is 2.51. The van der Waals surface area contributed by atoms with Crippen LogP contribution in [0.15, 0.2) is 30.5 Å². The Bertz CT molecular complexity index is 476. The average molecular weight is 205 g/mol. The molecular weight excluding hydrogens is 193 g/mol. The molecule has 0 spiro atoms. The first-order valence-corrected chi connectivity index (χ1v) is 4.72. The van der Waals surface area contributed by atoms with Crippen LogP contribution in [0, 0.1) is 12.7 Å². The minimum Gasteiger partial charge on any atom is -0.325 e. The van der Waals surface area contributed by atoms with Crippen LogP contribution in [-0.2, 0) is 6.54 Å². The van der Waals surface area contributed by atoms with Gasteiger partial charge in [-0.3, -0.25) is 0 Å². The lowest BCUT2D eigenvalue weighted by atomic mass is 10.2. The predicted molar refractivity (Wildman–Crippen MR) is 56.2 cm³/mol. The summed E-state index contributed by atoms with van der Waals surface area (Å²) in [5.41, 5.74) is 7.52. The van der Waals surface area contributed by atoms with Crippen LogP contribution >= 0.6 is 0 Å². The monoisotopic (exact) mass is 205 g/mol. The van der Waals surface area contributed by atoms with Crippen LogP contribution in [0.4, 0.5) is 4.39 Å². The van der Waals surface area contributed by atoms with Crippen LogP contribution in [0.5, 0.6) is 0 Å². The number of hydrogen-bond donors (Lipinski definition) is 1. The molecule has 15 heavy (non-hydrogen) atoms. The zero-order valence-corrected chi connectivity index (χ0v) is 8.44. The maximum absolute atomic E-state index is 13.6. The van der Waals surface area contributed by atoms with Gasteiger partial charge in [-0.2, -0.15) is 5.10 Å². The Balaban J connectivity index is 2.44. The maximum Gasteiger partial charge on any atom is 0.149 e. The SMILES string of the molecule is Cc1ccc(-n2ccc(CN)n2)c(F)c1. The van der Waals surface area contributed by atoms with E-state index in [9.17, 15) is 4.39 Å². The van der Waals surface area contributed by atoms with Crippen molar-refractivity contribution in [1.29, 1.82) is 0 Å². The number of aromatic nitrogens is 2. The molecule has 2 aromatic rings. The van der Waals surface area contributed by atoms with Crippen molar-refractivity contribution >= 4 is 0 Å². The van der Waals surface area contributed by atoms with Crippen molar-refractivity contribution < 1.29 is 4.39 Å². The van der Waals surface area contributed by atoms with Crippen molar-refractivity contribution in [1.82, 2.24) is 9.78 Å². The molecule has 2 N–H and O–H groups in total. The molecule has 4 heteroatoms. The Morgan fingerprint density at radius 3 is 2.80 bits per heavy atom. The molecule has 0 atom stereocenters. The Labute approximate surface area is 87.3 Å². The maximum atomic E-state index is 13.6. The highest BCUT2D eigenvalue weighted by atomic mass is 19.1. The van der Waals surface area contributed by atoms with Crippen LogP contribution < -0.4 is 5.73 Å². The van der Waals surface area contributed by atoms with Gasteiger partial charge in [-0.25, -0.2) is 9.07 Å². The number of aryl methyl sites for hydroxylation is 1. The fourth-order valence-electron chi connectivity index (χ4n) is 1.40. The first kappa shape index (κ1) is 9.86. The molecule has 0 aliphatic carbocycles. The number of halogens is 1. The standard InChI is InChI=1S/C11H12FN3/c1-8-2-3-11(10(12)6-8)15-5-4-9(7-13)14-15/h2-6H,7,13H2,1H3. The molecule has 0 saturated carbocycles. The number of hydrogen-bond acceptors (Lipinski definition) is 2. The zero-order valence-electron chi connectivity index (χ0n) is 8.44. The van der Waals surface area contributed by atoms with Crippen molar-refractivity contribution in [2.24, 2.45) is 5.73 Å². The summed E-state index contributed by atoms with van der Waals surface area (Å²) in [5.74, 6) is -0.276.